The summed E-state index contributed by atoms with van der Waals surface area (Å²) in [5.41, 5.74) is 1.50. The van der Waals surface area contributed by atoms with E-state index in [9.17, 15) is 4.79 Å². The van der Waals surface area contributed by atoms with Crippen molar-refractivity contribution in [3.8, 4) is 5.69 Å². The molecule has 1 aromatic carbocycles. The van der Waals surface area contributed by atoms with Crippen LogP contribution in [0.5, 0.6) is 0 Å². The molecule has 0 fully saturated rings. The van der Waals surface area contributed by atoms with E-state index in [-0.39, 0.29) is 0 Å². The lowest BCUT2D eigenvalue weighted by Crippen LogP contribution is -2.32. The fourth-order valence-corrected chi connectivity index (χ4v) is 1.73. The third-order valence-electron chi connectivity index (χ3n) is 2.65. The van der Waals surface area contributed by atoms with E-state index in [1.807, 2.05) is 57.2 Å². The normalized spacial score (nSPS) is 11.6. The van der Waals surface area contributed by atoms with Gasteiger partial charge in [0.25, 0.3) is 0 Å². The van der Waals surface area contributed by atoms with Gasteiger partial charge in [0.2, 0.25) is 0 Å². The molecule has 0 aliphatic carbocycles. The summed E-state index contributed by atoms with van der Waals surface area (Å²) >= 11 is 0. The molecule has 1 amide bonds. The number of alkyl carbamates (subject to hydrolysis) is 1. The number of carbonyl (C=O) groups is 1. The van der Waals surface area contributed by atoms with Crippen molar-refractivity contribution in [3.63, 3.8) is 0 Å². The summed E-state index contributed by atoms with van der Waals surface area (Å²) in [6.45, 7) is 5.91. The molecule has 1 aromatic heterocycles. The van der Waals surface area contributed by atoms with Crippen molar-refractivity contribution in [2.45, 2.75) is 26.4 Å². The van der Waals surface area contributed by atoms with Gasteiger partial charge >= 0.3 is 6.09 Å². The predicted octanol–water partition coefficient (Wildman–Crippen LogP) is 2.81. The molecule has 0 aliphatic heterocycles. The van der Waals surface area contributed by atoms with Gasteiger partial charge in [-0.05, 0) is 38.5 Å². The maximum absolute atomic E-state index is 11.5. The summed E-state index contributed by atoms with van der Waals surface area (Å²) in [5, 5.41) is 6.74. The van der Waals surface area contributed by atoms with Crippen molar-refractivity contribution >= 4 is 12.2 Å². The Morgan fingerprint density at radius 1 is 1.32 bits per heavy atom. The Morgan fingerprint density at radius 3 is 2.64 bits per heavy atom. The summed E-state index contributed by atoms with van der Waals surface area (Å²) in [4.78, 5) is 15.4. The molecular weight excluding hydrogens is 280 g/mol. The number of rotatable bonds is 4. The van der Waals surface area contributed by atoms with E-state index < -0.39 is 11.7 Å². The number of aromatic nitrogens is 3. The first-order valence-corrected chi connectivity index (χ1v) is 7.02. The Morgan fingerprint density at radius 2 is 2.05 bits per heavy atom. The van der Waals surface area contributed by atoms with E-state index in [4.69, 9.17) is 4.74 Å². The maximum atomic E-state index is 11.5. The van der Waals surface area contributed by atoms with Gasteiger partial charge < -0.3 is 10.1 Å². The summed E-state index contributed by atoms with van der Waals surface area (Å²) in [7, 11) is 0. The molecule has 6 heteroatoms. The number of hydrogen-bond acceptors (Lipinski definition) is 4. The summed E-state index contributed by atoms with van der Waals surface area (Å²) in [6, 6.07) is 7.85. The van der Waals surface area contributed by atoms with Crippen LogP contribution in [0, 0.1) is 0 Å². The standard InChI is InChI=1S/C16H20N4O2/c1-16(2,3)22-15(21)18-10-4-5-13-6-8-14(9-7-13)20-12-17-11-19-20/h4-9,11-12H,10H2,1-3H3,(H,18,21). The average Bonchev–Trinajstić information content (AvgIpc) is 2.96. The van der Waals surface area contributed by atoms with Crippen LogP contribution in [0.1, 0.15) is 26.3 Å². The van der Waals surface area contributed by atoms with E-state index in [1.165, 1.54) is 6.33 Å². The quantitative estimate of drug-likeness (QED) is 0.942. The van der Waals surface area contributed by atoms with Crippen LogP contribution in [0.2, 0.25) is 0 Å². The Labute approximate surface area is 129 Å². The Bertz CT molecular complexity index is 625. The van der Waals surface area contributed by atoms with Crippen molar-refractivity contribution in [2.75, 3.05) is 6.54 Å². The van der Waals surface area contributed by atoms with Crippen molar-refractivity contribution in [1.82, 2.24) is 20.1 Å². The molecule has 0 atom stereocenters. The first kappa shape index (κ1) is 15.8. The minimum Gasteiger partial charge on any atom is -0.444 e. The van der Waals surface area contributed by atoms with Crippen LogP contribution in [0.15, 0.2) is 43.0 Å². The molecule has 1 N–H and O–H groups in total. The molecule has 6 nitrogen and oxygen atoms in total. The Hall–Kier alpha value is -2.63. The molecule has 0 unspecified atom stereocenters. The van der Waals surface area contributed by atoms with Gasteiger partial charge in [0.1, 0.15) is 18.3 Å². The van der Waals surface area contributed by atoms with Crippen molar-refractivity contribution < 1.29 is 9.53 Å². The number of nitrogens with zero attached hydrogens (tertiary/aromatic N) is 3. The zero-order chi connectivity index (χ0) is 16.0. The minimum absolute atomic E-state index is 0.416. The molecule has 2 aromatic rings. The topological polar surface area (TPSA) is 69.0 Å². The SMILES string of the molecule is CC(C)(C)OC(=O)NCC=Cc1ccc(-n2cncn2)cc1. The lowest BCUT2D eigenvalue weighted by Gasteiger charge is -2.19. The fourth-order valence-electron chi connectivity index (χ4n) is 1.73. The van der Waals surface area contributed by atoms with Crippen LogP contribution in [0.4, 0.5) is 4.79 Å². The zero-order valence-corrected chi connectivity index (χ0v) is 13.0. The average molecular weight is 300 g/mol. The Balaban J connectivity index is 1.82. The first-order valence-electron chi connectivity index (χ1n) is 7.02. The highest BCUT2D eigenvalue weighted by atomic mass is 16.6. The molecule has 0 saturated heterocycles. The lowest BCUT2D eigenvalue weighted by atomic mass is 10.2. The second-order valence-electron chi connectivity index (χ2n) is 5.72. The maximum Gasteiger partial charge on any atom is 0.407 e. The van der Waals surface area contributed by atoms with Gasteiger partial charge in [-0.2, -0.15) is 5.10 Å². The molecular formula is C16H20N4O2. The number of ether oxygens (including phenoxy) is 1. The Kier molecular flexibility index (Phi) is 4.93. The molecule has 0 radical (unpaired) electrons. The van der Waals surface area contributed by atoms with Crippen LogP contribution in [0.25, 0.3) is 11.8 Å². The van der Waals surface area contributed by atoms with Gasteiger partial charge in [0.15, 0.2) is 0 Å². The third-order valence-corrected chi connectivity index (χ3v) is 2.65. The van der Waals surface area contributed by atoms with Gasteiger partial charge in [0.05, 0.1) is 5.69 Å². The molecule has 0 saturated carbocycles. The monoisotopic (exact) mass is 300 g/mol. The van der Waals surface area contributed by atoms with Gasteiger partial charge in [-0.1, -0.05) is 24.3 Å². The minimum atomic E-state index is -0.481. The fraction of sp³-hybridized carbons (Fsp3) is 0.312. The van der Waals surface area contributed by atoms with Crippen LogP contribution < -0.4 is 5.32 Å². The predicted molar refractivity (Wildman–Crippen MR) is 84.6 cm³/mol. The molecule has 0 bridgehead atoms. The highest BCUT2D eigenvalue weighted by molar-refractivity contribution is 5.68. The van der Waals surface area contributed by atoms with E-state index in [0.29, 0.717) is 6.54 Å². The van der Waals surface area contributed by atoms with E-state index in [0.717, 1.165) is 11.3 Å². The highest BCUT2D eigenvalue weighted by Gasteiger charge is 2.14. The molecule has 0 spiro atoms. The smallest absolute Gasteiger partial charge is 0.407 e. The summed E-state index contributed by atoms with van der Waals surface area (Å²) in [5.74, 6) is 0. The molecule has 2 rings (SSSR count). The number of amides is 1. The molecule has 0 aliphatic rings. The third kappa shape index (κ3) is 5.05. The van der Waals surface area contributed by atoms with Gasteiger partial charge in [-0.15, -0.1) is 0 Å². The number of hydrogen-bond donors (Lipinski definition) is 1. The van der Waals surface area contributed by atoms with Crippen LogP contribution >= 0.6 is 0 Å². The van der Waals surface area contributed by atoms with Crippen molar-refractivity contribution in [2.24, 2.45) is 0 Å². The number of nitrogens with one attached hydrogen (secondary N) is 1. The molecule has 116 valence electrons. The van der Waals surface area contributed by atoms with Crippen LogP contribution in [-0.4, -0.2) is 33.0 Å². The zero-order valence-electron chi connectivity index (χ0n) is 13.0. The van der Waals surface area contributed by atoms with Gasteiger partial charge in [-0.25, -0.2) is 14.5 Å². The summed E-state index contributed by atoms with van der Waals surface area (Å²) < 4.78 is 6.84. The van der Waals surface area contributed by atoms with Crippen molar-refractivity contribution in [3.05, 3.63) is 48.6 Å². The van der Waals surface area contributed by atoms with Crippen LogP contribution in [-0.2, 0) is 4.74 Å². The second kappa shape index (κ2) is 6.89. The van der Waals surface area contributed by atoms with E-state index >= 15 is 0 Å². The number of carbonyl (C=O) groups excluding carboxylic acids is 1. The second-order valence-corrected chi connectivity index (χ2v) is 5.72. The summed E-state index contributed by atoms with van der Waals surface area (Å²) in [6.07, 6.45) is 6.53. The molecule has 1 heterocycles. The number of benzene rings is 1. The lowest BCUT2D eigenvalue weighted by molar-refractivity contribution is 0.0534. The van der Waals surface area contributed by atoms with Gasteiger partial charge in [-0.3, -0.25) is 0 Å². The molecule has 22 heavy (non-hydrogen) atoms. The van der Waals surface area contributed by atoms with Crippen LogP contribution in [0.3, 0.4) is 0 Å². The first-order chi connectivity index (χ1) is 10.4. The van der Waals surface area contributed by atoms with E-state index in [2.05, 4.69) is 15.4 Å². The van der Waals surface area contributed by atoms with Gasteiger partial charge in [0, 0.05) is 6.54 Å². The van der Waals surface area contributed by atoms with Crippen molar-refractivity contribution in [1.29, 1.82) is 0 Å². The highest BCUT2D eigenvalue weighted by Crippen LogP contribution is 2.09. The largest absolute Gasteiger partial charge is 0.444 e. The van der Waals surface area contributed by atoms with E-state index in [1.54, 1.807) is 11.0 Å².